The van der Waals surface area contributed by atoms with Gasteiger partial charge in [-0.3, -0.25) is 9.69 Å². The molecule has 0 aromatic heterocycles. The van der Waals surface area contributed by atoms with Crippen molar-refractivity contribution < 1.29 is 9.59 Å². The molecule has 1 amide bonds. The topological polar surface area (TPSA) is 49.4 Å². The average molecular weight is 156 g/mol. The van der Waals surface area contributed by atoms with Crippen LogP contribution in [0, 0.1) is 0 Å². The van der Waals surface area contributed by atoms with Crippen molar-refractivity contribution in [3.63, 3.8) is 0 Å². The van der Waals surface area contributed by atoms with Gasteiger partial charge in [-0.1, -0.05) is 0 Å². The fraction of sp³-hybridized carbons (Fsp3) is 0.714. The molecule has 0 aliphatic carbocycles. The highest BCUT2D eigenvalue weighted by molar-refractivity contribution is 5.76. The quantitative estimate of drug-likeness (QED) is 0.522. The Morgan fingerprint density at radius 1 is 1.55 bits per heavy atom. The Morgan fingerprint density at radius 2 is 2.36 bits per heavy atom. The third-order valence-corrected chi connectivity index (χ3v) is 1.74. The van der Waals surface area contributed by atoms with Crippen LogP contribution in [-0.2, 0) is 9.59 Å². The zero-order chi connectivity index (χ0) is 8.10. The SMILES string of the molecule is O=CCN1CCNC(=O)CC1. The Morgan fingerprint density at radius 3 is 3.09 bits per heavy atom. The molecular formula is C7H12N2O2. The van der Waals surface area contributed by atoms with Crippen LogP contribution in [0.15, 0.2) is 0 Å². The molecule has 11 heavy (non-hydrogen) atoms. The normalized spacial score (nSPS) is 20.5. The highest BCUT2D eigenvalue weighted by Gasteiger charge is 2.11. The highest BCUT2D eigenvalue weighted by Crippen LogP contribution is 1.93. The van der Waals surface area contributed by atoms with Crippen LogP contribution < -0.4 is 5.32 Å². The number of carbonyl (C=O) groups is 2. The van der Waals surface area contributed by atoms with Crippen molar-refractivity contribution in [3.05, 3.63) is 0 Å². The van der Waals surface area contributed by atoms with Crippen LogP contribution in [0.4, 0.5) is 0 Å². The molecule has 1 aliphatic heterocycles. The van der Waals surface area contributed by atoms with E-state index in [1.54, 1.807) is 0 Å². The molecule has 0 radical (unpaired) electrons. The third kappa shape index (κ3) is 2.67. The first-order chi connectivity index (χ1) is 5.33. The van der Waals surface area contributed by atoms with Crippen LogP contribution in [0.5, 0.6) is 0 Å². The molecule has 1 N–H and O–H groups in total. The van der Waals surface area contributed by atoms with E-state index in [1.807, 2.05) is 4.90 Å². The average Bonchev–Trinajstić information content (AvgIpc) is 2.17. The summed E-state index contributed by atoms with van der Waals surface area (Å²) in [6.45, 7) is 2.58. The van der Waals surface area contributed by atoms with Gasteiger partial charge in [-0.05, 0) is 0 Å². The summed E-state index contributed by atoms with van der Waals surface area (Å²) in [5.74, 6) is 0.0819. The number of hydrogen-bond acceptors (Lipinski definition) is 3. The summed E-state index contributed by atoms with van der Waals surface area (Å²) >= 11 is 0. The second-order valence-electron chi connectivity index (χ2n) is 2.57. The molecule has 1 saturated heterocycles. The Labute approximate surface area is 65.6 Å². The van der Waals surface area contributed by atoms with Crippen LogP contribution in [0.25, 0.3) is 0 Å². The second-order valence-corrected chi connectivity index (χ2v) is 2.57. The van der Waals surface area contributed by atoms with Gasteiger partial charge >= 0.3 is 0 Å². The number of hydrogen-bond donors (Lipinski definition) is 1. The van der Waals surface area contributed by atoms with Gasteiger partial charge in [0.2, 0.25) is 5.91 Å². The summed E-state index contributed by atoms with van der Waals surface area (Å²) in [6, 6.07) is 0. The van der Waals surface area contributed by atoms with Gasteiger partial charge in [-0.25, -0.2) is 0 Å². The van der Waals surface area contributed by atoms with E-state index in [2.05, 4.69) is 5.32 Å². The van der Waals surface area contributed by atoms with E-state index in [0.717, 1.165) is 12.8 Å². The molecule has 0 spiro atoms. The van der Waals surface area contributed by atoms with Gasteiger partial charge in [0.05, 0.1) is 6.54 Å². The molecular weight excluding hydrogens is 144 g/mol. The highest BCUT2D eigenvalue weighted by atomic mass is 16.1. The maximum Gasteiger partial charge on any atom is 0.221 e. The second kappa shape index (κ2) is 4.08. The smallest absolute Gasteiger partial charge is 0.221 e. The zero-order valence-electron chi connectivity index (χ0n) is 6.38. The van der Waals surface area contributed by atoms with Crippen LogP contribution in [0.3, 0.4) is 0 Å². The van der Waals surface area contributed by atoms with E-state index >= 15 is 0 Å². The van der Waals surface area contributed by atoms with E-state index in [4.69, 9.17) is 0 Å². The van der Waals surface area contributed by atoms with E-state index in [9.17, 15) is 9.59 Å². The monoisotopic (exact) mass is 156 g/mol. The third-order valence-electron chi connectivity index (χ3n) is 1.74. The standard InChI is InChI=1S/C7H12N2O2/c10-6-5-9-3-1-7(11)8-2-4-9/h6H,1-5H2,(H,8,11). The number of nitrogens with one attached hydrogen (secondary N) is 1. The van der Waals surface area contributed by atoms with Gasteiger partial charge in [0.1, 0.15) is 6.29 Å². The van der Waals surface area contributed by atoms with Crippen LogP contribution in [0.2, 0.25) is 0 Å². The van der Waals surface area contributed by atoms with E-state index in [1.165, 1.54) is 0 Å². The fourth-order valence-electron chi connectivity index (χ4n) is 1.10. The number of nitrogens with zero attached hydrogens (tertiary/aromatic N) is 1. The van der Waals surface area contributed by atoms with Crippen molar-refractivity contribution in [3.8, 4) is 0 Å². The Bertz CT molecular complexity index is 159. The van der Waals surface area contributed by atoms with Crippen LogP contribution in [0.1, 0.15) is 6.42 Å². The first kappa shape index (κ1) is 8.20. The van der Waals surface area contributed by atoms with Gasteiger partial charge in [0.25, 0.3) is 0 Å². The molecule has 1 aliphatic rings. The number of carbonyl (C=O) groups excluding carboxylic acids is 2. The number of amides is 1. The fourth-order valence-corrected chi connectivity index (χ4v) is 1.10. The maximum absolute atomic E-state index is 10.8. The maximum atomic E-state index is 10.8. The number of aldehydes is 1. The first-order valence-corrected chi connectivity index (χ1v) is 3.75. The molecule has 1 heterocycles. The van der Waals surface area contributed by atoms with E-state index < -0.39 is 0 Å². The minimum atomic E-state index is 0.0819. The first-order valence-electron chi connectivity index (χ1n) is 3.75. The van der Waals surface area contributed by atoms with Crippen molar-refractivity contribution in [1.82, 2.24) is 10.2 Å². The van der Waals surface area contributed by atoms with Crippen molar-refractivity contribution in [2.45, 2.75) is 6.42 Å². The summed E-state index contributed by atoms with van der Waals surface area (Å²) in [6.07, 6.45) is 1.38. The molecule has 4 nitrogen and oxygen atoms in total. The zero-order valence-corrected chi connectivity index (χ0v) is 6.38. The lowest BCUT2D eigenvalue weighted by Crippen LogP contribution is -2.29. The van der Waals surface area contributed by atoms with Crippen molar-refractivity contribution in [1.29, 1.82) is 0 Å². The van der Waals surface area contributed by atoms with Crippen molar-refractivity contribution >= 4 is 12.2 Å². The van der Waals surface area contributed by atoms with E-state index in [0.29, 0.717) is 26.1 Å². The number of rotatable bonds is 2. The lowest BCUT2D eigenvalue weighted by molar-refractivity contribution is -0.120. The largest absolute Gasteiger partial charge is 0.355 e. The molecule has 1 rings (SSSR count). The van der Waals surface area contributed by atoms with Crippen LogP contribution in [-0.4, -0.2) is 43.3 Å². The minimum absolute atomic E-state index is 0.0819. The molecule has 0 atom stereocenters. The van der Waals surface area contributed by atoms with Gasteiger partial charge in [-0.15, -0.1) is 0 Å². The van der Waals surface area contributed by atoms with Gasteiger partial charge in [0.15, 0.2) is 0 Å². The molecule has 1 fully saturated rings. The molecule has 62 valence electrons. The predicted octanol–water partition coefficient (Wildman–Crippen LogP) is -0.993. The van der Waals surface area contributed by atoms with E-state index in [-0.39, 0.29) is 5.91 Å². The molecule has 0 saturated carbocycles. The minimum Gasteiger partial charge on any atom is -0.355 e. The predicted molar refractivity (Wildman–Crippen MR) is 40.1 cm³/mol. The summed E-state index contributed by atoms with van der Waals surface area (Å²) in [4.78, 5) is 22.9. The Kier molecular flexibility index (Phi) is 3.04. The Balaban J connectivity index is 2.33. The summed E-state index contributed by atoms with van der Waals surface area (Å²) < 4.78 is 0. The van der Waals surface area contributed by atoms with Crippen molar-refractivity contribution in [2.75, 3.05) is 26.2 Å². The summed E-state index contributed by atoms with van der Waals surface area (Å²) in [5.41, 5.74) is 0. The molecule has 0 bridgehead atoms. The molecule has 0 unspecified atom stereocenters. The molecule has 4 heteroatoms. The summed E-state index contributed by atoms with van der Waals surface area (Å²) in [7, 11) is 0. The Hall–Kier alpha value is -0.900. The molecule has 0 aromatic rings. The molecule has 0 aromatic carbocycles. The lowest BCUT2D eigenvalue weighted by atomic mass is 10.4. The lowest BCUT2D eigenvalue weighted by Gasteiger charge is -2.14. The van der Waals surface area contributed by atoms with Gasteiger partial charge < -0.3 is 10.1 Å². The van der Waals surface area contributed by atoms with Crippen LogP contribution >= 0.6 is 0 Å². The van der Waals surface area contributed by atoms with Crippen molar-refractivity contribution in [2.24, 2.45) is 0 Å². The van der Waals surface area contributed by atoms with Gasteiger partial charge in [0, 0.05) is 26.1 Å². The summed E-state index contributed by atoms with van der Waals surface area (Å²) in [5, 5.41) is 2.74. The van der Waals surface area contributed by atoms with Gasteiger partial charge in [-0.2, -0.15) is 0 Å².